The zero-order valence-corrected chi connectivity index (χ0v) is 14.0. The van der Waals surface area contributed by atoms with Crippen LogP contribution in [0.2, 0.25) is 0 Å². The molecule has 1 aliphatic heterocycles. The summed E-state index contributed by atoms with van der Waals surface area (Å²) in [5, 5.41) is 4.54. The lowest BCUT2D eigenvalue weighted by Crippen LogP contribution is -2.38. The van der Waals surface area contributed by atoms with Crippen molar-refractivity contribution >= 4 is 16.9 Å². The third kappa shape index (κ3) is 2.58. The molecule has 0 radical (unpaired) electrons. The van der Waals surface area contributed by atoms with E-state index < -0.39 is 0 Å². The second-order valence-corrected chi connectivity index (χ2v) is 6.54. The highest BCUT2D eigenvalue weighted by atomic mass is 16.2. The van der Waals surface area contributed by atoms with Gasteiger partial charge >= 0.3 is 0 Å². The van der Waals surface area contributed by atoms with Crippen molar-refractivity contribution in [2.45, 2.75) is 39.3 Å². The van der Waals surface area contributed by atoms with Crippen LogP contribution in [0, 0.1) is 13.8 Å². The van der Waals surface area contributed by atoms with E-state index in [1.807, 2.05) is 34.7 Å². The maximum atomic E-state index is 13.0. The lowest BCUT2D eigenvalue weighted by atomic mass is 10.1. The number of hydrogen-bond acceptors (Lipinski definition) is 3. The predicted molar refractivity (Wildman–Crippen MR) is 91.9 cm³/mol. The minimum atomic E-state index is 0.0931. The monoisotopic (exact) mass is 323 g/mol. The number of aromatic nitrogens is 4. The highest BCUT2D eigenvalue weighted by Crippen LogP contribution is 2.23. The van der Waals surface area contributed by atoms with Crippen molar-refractivity contribution in [1.29, 1.82) is 0 Å². The third-order valence-electron chi connectivity index (χ3n) is 4.79. The number of hydrogen-bond donors (Lipinski definition) is 1. The molecule has 1 amide bonds. The van der Waals surface area contributed by atoms with E-state index in [0.717, 1.165) is 48.4 Å². The molecule has 124 valence electrons. The molecule has 2 aromatic heterocycles. The van der Waals surface area contributed by atoms with Gasteiger partial charge < -0.3 is 9.88 Å². The number of carbonyl (C=O) groups is 1. The first-order valence-corrected chi connectivity index (χ1v) is 8.37. The van der Waals surface area contributed by atoms with E-state index in [-0.39, 0.29) is 11.9 Å². The Bertz CT molecular complexity index is 894. The summed E-state index contributed by atoms with van der Waals surface area (Å²) in [4.78, 5) is 22.2. The maximum absolute atomic E-state index is 13.0. The average molecular weight is 323 g/mol. The fraction of sp³-hybridized carbons (Fsp3) is 0.389. The number of H-pyrrole nitrogens is 1. The van der Waals surface area contributed by atoms with Gasteiger partial charge in [0.15, 0.2) is 0 Å². The molecule has 0 spiro atoms. The molecule has 0 saturated carbocycles. The zero-order chi connectivity index (χ0) is 16.7. The summed E-state index contributed by atoms with van der Waals surface area (Å²) in [6, 6.07) is 7.93. The van der Waals surface area contributed by atoms with Crippen molar-refractivity contribution in [3.05, 3.63) is 47.5 Å². The number of fused-ring (bicyclic) bond motifs is 1. The van der Waals surface area contributed by atoms with Gasteiger partial charge in [-0.1, -0.05) is 0 Å². The fourth-order valence-electron chi connectivity index (χ4n) is 3.59. The van der Waals surface area contributed by atoms with Gasteiger partial charge in [-0.25, -0.2) is 4.98 Å². The summed E-state index contributed by atoms with van der Waals surface area (Å²) in [7, 11) is 0. The largest absolute Gasteiger partial charge is 0.345 e. The molecule has 1 aliphatic rings. The van der Waals surface area contributed by atoms with Crippen molar-refractivity contribution in [1.82, 2.24) is 24.6 Å². The Kier molecular flexibility index (Phi) is 3.59. The van der Waals surface area contributed by atoms with E-state index in [1.54, 1.807) is 6.33 Å². The van der Waals surface area contributed by atoms with Crippen LogP contribution >= 0.6 is 0 Å². The molecular weight excluding hydrogens is 302 g/mol. The molecular formula is C18H21N5O. The van der Waals surface area contributed by atoms with E-state index in [4.69, 9.17) is 0 Å². The Balaban J connectivity index is 1.57. The van der Waals surface area contributed by atoms with Gasteiger partial charge in [-0.15, -0.1) is 0 Å². The summed E-state index contributed by atoms with van der Waals surface area (Å²) in [5.74, 6) is 0.0931. The number of rotatable bonds is 3. The zero-order valence-electron chi connectivity index (χ0n) is 14.0. The first-order valence-electron chi connectivity index (χ1n) is 8.37. The molecule has 1 saturated heterocycles. The smallest absolute Gasteiger partial charge is 0.254 e. The van der Waals surface area contributed by atoms with Gasteiger partial charge in [-0.05, 0) is 51.0 Å². The summed E-state index contributed by atoms with van der Waals surface area (Å²) in [5.41, 5.74) is 4.66. The van der Waals surface area contributed by atoms with Crippen LogP contribution in [0.3, 0.4) is 0 Å². The number of aromatic amines is 1. The van der Waals surface area contributed by atoms with E-state index in [0.29, 0.717) is 5.56 Å². The number of carbonyl (C=O) groups excluding carboxylic acids is 1. The van der Waals surface area contributed by atoms with E-state index in [2.05, 4.69) is 28.1 Å². The predicted octanol–water partition coefficient (Wildman–Crippen LogP) is 2.68. The molecule has 1 fully saturated rings. The maximum Gasteiger partial charge on any atom is 0.254 e. The molecule has 3 heterocycles. The first kappa shape index (κ1) is 14.9. The standard InChI is InChI=1S/C18H21N5O/c1-12-8-13(2)23(21-12)10-15-4-3-7-22(15)18(24)14-5-6-16-17(9-14)20-11-19-16/h5-6,8-9,11,15H,3-4,7,10H2,1-2H3,(H,19,20)/t15-/m1/s1. The van der Waals surface area contributed by atoms with Crippen LogP contribution in [-0.4, -0.2) is 43.1 Å². The van der Waals surface area contributed by atoms with Crippen molar-refractivity contribution in [2.24, 2.45) is 0 Å². The van der Waals surface area contributed by atoms with Gasteiger partial charge in [0.25, 0.3) is 5.91 Å². The number of imidazole rings is 1. The van der Waals surface area contributed by atoms with Crippen molar-refractivity contribution in [3.63, 3.8) is 0 Å². The van der Waals surface area contributed by atoms with Gasteiger partial charge in [0, 0.05) is 17.8 Å². The number of amides is 1. The van der Waals surface area contributed by atoms with Crippen LogP contribution in [0.5, 0.6) is 0 Å². The van der Waals surface area contributed by atoms with Crippen LogP contribution in [0.1, 0.15) is 34.6 Å². The molecule has 1 atom stereocenters. The Morgan fingerprint density at radius 1 is 1.33 bits per heavy atom. The number of nitrogens with one attached hydrogen (secondary N) is 1. The second-order valence-electron chi connectivity index (χ2n) is 6.54. The molecule has 24 heavy (non-hydrogen) atoms. The molecule has 1 N–H and O–H groups in total. The summed E-state index contributed by atoms with van der Waals surface area (Å²) in [6.07, 6.45) is 3.72. The van der Waals surface area contributed by atoms with Gasteiger partial charge in [0.2, 0.25) is 0 Å². The first-order chi connectivity index (χ1) is 11.6. The van der Waals surface area contributed by atoms with E-state index >= 15 is 0 Å². The van der Waals surface area contributed by atoms with Gasteiger partial charge in [-0.2, -0.15) is 5.10 Å². The highest BCUT2D eigenvalue weighted by molar-refractivity contribution is 5.97. The Labute approximate surface area is 140 Å². The summed E-state index contributed by atoms with van der Waals surface area (Å²) in [6.45, 7) is 5.63. The number of aryl methyl sites for hydroxylation is 2. The van der Waals surface area contributed by atoms with Crippen molar-refractivity contribution in [2.75, 3.05) is 6.54 Å². The SMILES string of the molecule is Cc1cc(C)n(C[C@H]2CCCN2C(=O)c2ccc3nc[nH]c3c2)n1. The van der Waals surface area contributed by atoms with Crippen molar-refractivity contribution in [3.8, 4) is 0 Å². The minimum Gasteiger partial charge on any atom is -0.345 e. The summed E-state index contributed by atoms with van der Waals surface area (Å²) < 4.78 is 2.02. The van der Waals surface area contributed by atoms with E-state index in [1.165, 1.54) is 0 Å². The van der Waals surface area contributed by atoms with Gasteiger partial charge in [0.1, 0.15) is 0 Å². The molecule has 4 rings (SSSR count). The third-order valence-corrected chi connectivity index (χ3v) is 4.79. The molecule has 6 heteroatoms. The lowest BCUT2D eigenvalue weighted by molar-refractivity contribution is 0.0721. The average Bonchev–Trinajstić information content (AvgIpc) is 3.27. The normalized spacial score (nSPS) is 17.8. The molecule has 0 bridgehead atoms. The number of benzene rings is 1. The van der Waals surface area contributed by atoms with Crippen molar-refractivity contribution < 1.29 is 4.79 Å². The fourth-order valence-corrected chi connectivity index (χ4v) is 3.59. The van der Waals surface area contributed by atoms with Crippen LogP contribution in [-0.2, 0) is 6.54 Å². The minimum absolute atomic E-state index is 0.0931. The van der Waals surface area contributed by atoms with Crippen LogP contribution in [0.25, 0.3) is 11.0 Å². The quantitative estimate of drug-likeness (QED) is 0.806. The topological polar surface area (TPSA) is 66.8 Å². The van der Waals surface area contributed by atoms with Gasteiger partial charge in [0.05, 0.1) is 35.6 Å². The van der Waals surface area contributed by atoms with E-state index in [9.17, 15) is 4.79 Å². The van der Waals surface area contributed by atoms with Crippen LogP contribution in [0.4, 0.5) is 0 Å². The number of likely N-dealkylation sites (tertiary alicyclic amines) is 1. The number of nitrogens with zero attached hydrogens (tertiary/aromatic N) is 4. The lowest BCUT2D eigenvalue weighted by Gasteiger charge is -2.25. The second kappa shape index (κ2) is 5.78. The summed E-state index contributed by atoms with van der Waals surface area (Å²) >= 11 is 0. The Morgan fingerprint density at radius 2 is 2.21 bits per heavy atom. The van der Waals surface area contributed by atoms with Gasteiger partial charge in [-0.3, -0.25) is 9.48 Å². The molecule has 3 aromatic rings. The molecule has 0 unspecified atom stereocenters. The highest BCUT2D eigenvalue weighted by Gasteiger charge is 2.30. The molecule has 0 aliphatic carbocycles. The molecule has 6 nitrogen and oxygen atoms in total. The van der Waals surface area contributed by atoms with Crippen LogP contribution in [0.15, 0.2) is 30.6 Å². The molecule has 1 aromatic carbocycles. The van der Waals surface area contributed by atoms with Crippen LogP contribution < -0.4 is 0 Å². The Morgan fingerprint density at radius 3 is 3.00 bits per heavy atom. The Hall–Kier alpha value is -2.63.